The molecule has 0 saturated carbocycles. The van der Waals surface area contributed by atoms with Gasteiger partial charge >= 0.3 is 0 Å². The van der Waals surface area contributed by atoms with E-state index in [1.54, 1.807) is 33.5 Å². The minimum atomic E-state index is 0.288. The SMILES string of the molecule is CNc1ncc2cc(-c3c(Cl)c(OC)cc(OC)c3Cl)nc(NC3CCN(C)CC3)c2n1. The van der Waals surface area contributed by atoms with Crippen molar-refractivity contribution in [1.29, 1.82) is 0 Å². The molecule has 1 fully saturated rings. The Morgan fingerprint density at radius 1 is 1.03 bits per heavy atom. The third-order valence-corrected chi connectivity index (χ3v) is 6.43. The molecular formula is C22H26Cl2N6O2. The summed E-state index contributed by atoms with van der Waals surface area (Å²) in [5.41, 5.74) is 1.85. The monoisotopic (exact) mass is 476 g/mol. The average Bonchev–Trinajstić information content (AvgIpc) is 2.80. The van der Waals surface area contributed by atoms with Crippen molar-refractivity contribution in [3.05, 3.63) is 28.4 Å². The van der Waals surface area contributed by atoms with Crippen LogP contribution in [-0.4, -0.2) is 67.3 Å². The highest BCUT2D eigenvalue weighted by molar-refractivity contribution is 6.41. The molecule has 4 rings (SSSR count). The molecule has 0 bridgehead atoms. The number of ether oxygens (including phenoxy) is 2. The van der Waals surface area contributed by atoms with Crippen molar-refractivity contribution in [2.45, 2.75) is 18.9 Å². The molecule has 1 aliphatic heterocycles. The third kappa shape index (κ3) is 4.35. The molecule has 32 heavy (non-hydrogen) atoms. The van der Waals surface area contributed by atoms with Crippen LogP contribution in [0.3, 0.4) is 0 Å². The lowest BCUT2D eigenvalue weighted by atomic mass is 10.0. The van der Waals surface area contributed by atoms with E-state index in [1.165, 1.54) is 0 Å². The second kappa shape index (κ2) is 9.52. The minimum Gasteiger partial charge on any atom is -0.495 e. The van der Waals surface area contributed by atoms with E-state index in [1.807, 2.05) is 6.07 Å². The molecule has 0 spiro atoms. The van der Waals surface area contributed by atoms with E-state index < -0.39 is 0 Å². The topological polar surface area (TPSA) is 84.4 Å². The highest BCUT2D eigenvalue weighted by Crippen LogP contribution is 2.46. The van der Waals surface area contributed by atoms with Gasteiger partial charge in [0.15, 0.2) is 5.82 Å². The first kappa shape index (κ1) is 22.6. The van der Waals surface area contributed by atoms with Crippen molar-refractivity contribution in [1.82, 2.24) is 19.9 Å². The lowest BCUT2D eigenvalue weighted by Gasteiger charge is -2.30. The maximum absolute atomic E-state index is 6.66. The zero-order valence-corrected chi connectivity index (χ0v) is 20.0. The van der Waals surface area contributed by atoms with Crippen LogP contribution in [0.15, 0.2) is 18.3 Å². The van der Waals surface area contributed by atoms with E-state index in [2.05, 4.69) is 32.5 Å². The standard InChI is InChI=1S/C22H26Cl2N6O2/c1-25-22-26-11-12-9-14(17-18(23)15(31-3)10-16(32-4)19(17)24)28-21(20(12)29-22)27-13-5-7-30(2)8-6-13/h9-11,13H,5-8H2,1-4H3,(H,27,28)(H,25,26,29). The van der Waals surface area contributed by atoms with E-state index >= 15 is 0 Å². The van der Waals surface area contributed by atoms with Crippen LogP contribution in [0.5, 0.6) is 11.5 Å². The molecule has 2 N–H and O–H groups in total. The molecule has 170 valence electrons. The van der Waals surface area contributed by atoms with E-state index in [4.69, 9.17) is 37.7 Å². The molecule has 0 unspecified atom stereocenters. The normalized spacial score (nSPS) is 15.1. The summed E-state index contributed by atoms with van der Waals surface area (Å²) in [5.74, 6) is 2.10. The average molecular weight is 477 g/mol. The van der Waals surface area contributed by atoms with Crippen molar-refractivity contribution in [2.24, 2.45) is 0 Å². The lowest BCUT2D eigenvalue weighted by molar-refractivity contribution is 0.264. The number of aromatic nitrogens is 3. The molecule has 3 aromatic rings. The predicted molar refractivity (Wildman–Crippen MR) is 130 cm³/mol. The van der Waals surface area contributed by atoms with Crippen LogP contribution in [0, 0.1) is 0 Å². The quantitative estimate of drug-likeness (QED) is 0.535. The number of nitrogens with zero attached hydrogens (tertiary/aromatic N) is 4. The van der Waals surface area contributed by atoms with Gasteiger partial charge in [-0.15, -0.1) is 0 Å². The van der Waals surface area contributed by atoms with Gasteiger partial charge in [-0.25, -0.2) is 15.0 Å². The van der Waals surface area contributed by atoms with Gasteiger partial charge in [-0.2, -0.15) is 0 Å². The van der Waals surface area contributed by atoms with Crippen LogP contribution >= 0.6 is 23.2 Å². The van der Waals surface area contributed by atoms with E-state index in [-0.39, 0.29) is 6.04 Å². The van der Waals surface area contributed by atoms with Crippen molar-refractivity contribution >= 4 is 45.9 Å². The molecule has 0 atom stereocenters. The molecule has 10 heteroatoms. The number of piperidine rings is 1. The third-order valence-electron chi connectivity index (χ3n) is 5.68. The maximum atomic E-state index is 6.66. The Morgan fingerprint density at radius 2 is 1.69 bits per heavy atom. The highest BCUT2D eigenvalue weighted by Gasteiger charge is 2.23. The number of benzene rings is 1. The predicted octanol–water partition coefficient (Wildman–Crippen LogP) is 4.56. The number of hydrogen-bond donors (Lipinski definition) is 2. The number of hydrogen-bond acceptors (Lipinski definition) is 8. The van der Waals surface area contributed by atoms with Crippen molar-refractivity contribution < 1.29 is 9.47 Å². The molecule has 3 heterocycles. The van der Waals surface area contributed by atoms with Gasteiger partial charge in [-0.3, -0.25) is 0 Å². The fourth-order valence-electron chi connectivity index (χ4n) is 3.85. The summed E-state index contributed by atoms with van der Waals surface area (Å²) in [7, 11) is 7.02. The van der Waals surface area contributed by atoms with Crippen LogP contribution in [0.1, 0.15) is 12.8 Å². The Balaban J connectivity index is 1.88. The van der Waals surface area contributed by atoms with Gasteiger partial charge in [-0.05, 0) is 39.0 Å². The van der Waals surface area contributed by atoms with Crippen LogP contribution in [0.25, 0.3) is 22.2 Å². The van der Waals surface area contributed by atoms with Crippen LogP contribution in [0.2, 0.25) is 10.0 Å². The number of halogens is 2. The Morgan fingerprint density at radius 3 is 2.28 bits per heavy atom. The molecule has 1 aromatic carbocycles. The van der Waals surface area contributed by atoms with Crippen molar-refractivity contribution in [3.63, 3.8) is 0 Å². The van der Waals surface area contributed by atoms with Crippen molar-refractivity contribution in [2.75, 3.05) is 52.0 Å². The molecule has 0 radical (unpaired) electrons. The zero-order chi connectivity index (χ0) is 22.8. The molecule has 1 saturated heterocycles. The molecule has 0 amide bonds. The summed E-state index contributed by atoms with van der Waals surface area (Å²) >= 11 is 13.3. The van der Waals surface area contributed by atoms with Gasteiger partial charge in [0, 0.05) is 36.3 Å². The van der Waals surface area contributed by atoms with Crippen molar-refractivity contribution in [3.8, 4) is 22.8 Å². The number of likely N-dealkylation sites (tertiary alicyclic amines) is 1. The van der Waals surface area contributed by atoms with Gasteiger partial charge in [-0.1, -0.05) is 23.2 Å². The first-order valence-electron chi connectivity index (χ1n) is 10.4. The highest BCUT2D eigenvalue weighted by atomic mass is 35.5. The minimum absolute atomic E-state index is 0.288. The maximum Gasteiger partial charge on any atom is 0.223 e. The van der Waals surface area contributed by atoms with E-state index in [0.717, 1.165) is 36.8 Å². The number of fused-ring (bicyclic) bond motifs is 1. The van der Waals surface area contributed by atoms with Gasteiger partial charge in [0.05, 0.1) is 30.0 Å². The summed E-state index contributed by atoms with van der Waals surface area (Å²) in [6, 6.07) is 3.83. The largest absolute Gasteiger partial charge is 0.495 e. The van der Waals surface area contributed by atoms with E-state index in [9.17, 15) is 0 Å². The number of methoxy groups -OCH3 is 2. The smallest absolute Gasteiger partial charge is 0.223 e. The second-order valence-electron chi connectivity index (χ2n) is 7.74. The number of rotatable bonds is 6. The Kier molecular flexibility index (Phi) is 6.74. The summed E-state index contributed by atoms with van der Waals surface area (Å²) < 4.78 is 10.9. The van der Waals surface area contributed by atoms with E-state index in [0.29, 0.717) is 44.6 Å². The van der Waals surface area contributed by atoms with Gasteiger partial charge in [0.1, 0.15) is 17.0 Å². The Labute approximate surface area is 197 Å². The van der Waals surface area contributed by atoms with Gasteiger partial charge in [0.25, 0.3) is 0 Å². The fourth-order valence-corrected chi connectivity index (χ4v) is 4.54. The number of pyridine rings is 1. The molecule has 8 nitrogen and oxygen atoms in total. The molecular weight excluding hydrogens is 451 g/mol. The van der Waals surface area contributed by atoms with Crippen LogP contribution < -0.4 is 20.1 Å². The lowest BCUT2D eigenvalue weighted by Crippen LogP contribution is -2.37. The summed E-state index contributed by atoms with van der Waals surface area (Å²) in [6.07, 6.45) is 3.79. The first-order chi connectivity index (χ1) is 15.4. The number of anilines is 2. The Bertz CT molecular complexity index is 1110. The fraction of sp³-hybridized carbons (Fsp3) is 0.409. The molecule has 0 aliphatic carbocycles. The second-order valence-corrected chi connectivity index (χ2v) is 8.50. The summed E-state index contributed by atoms with van der Waals surface area (Å²) in [4.78, 5) is 16.3. The number of nitrogens with one attached hydrogen (secondary N) is 2. The zero-order valence-electron chi connectivity index (χ0n) is 18.5. The van der Waals surface area contributed by atoms with Crippen LogP contribution in [-0.2, 0) is 0 Å². The van der Waals surface area contributed by atoms with Crippen LogP contribution in [0.4, 0.5) is 11.8 Å². The Hall–Kier alpha value is -2.55. The summed E-state index contributed by atoms with van der Waals surface area (Å²) in [6.45, 7) is 2.05. The molecule has 2 aromatic heterocycles. The molecule has 1 aliphatic rings. The van der Waals surface area contributed by atoms with Gasteiger partial charge in [0.2, 0.25) is 5.95 Å². The summed E-state index contributed by atoms with van der Waals surface area (Å²) in [5, 5.41) is 8.13. The first-order valence-corrected chi connectivity index (χ1v) is 11.1. The van der Waals surface area contributed by atoms with Gasteiger partial charge < -0.3 is 25.0 Å².